The fraction of sp³-hybridized carbons (Fsp3) is 1.00. The minimum atomic E-state index is 0.442. The third kappa shape index (κ3) is 4.73. The van der Waals surface area contributed by atoms with Crippen LogP contribution in [0.5, 0.6) is 0 Å². The standard InChI is InChI=1S/C16H33N3/c1-3-14-6-7-16(17)15(12-14)13-18(2)10-11-19-8-4-5-9-19/h14-16H,3-13,17H2,1-2H3. The molecular formula is C16H33N3. The molecule has 2 fully saturated rings. The summed E-state index contributed by atoms with van der Waals surface area (Å²) in [5, 5.41) is 0. The molecule has 3 nitrogen and oxygen atoms in total. The summed E-state index contributed by atoms with van der Waals surface area (Å²) >= 11 is 0. The van der Waals surface area contributed by atoms with Crippen molar-refractivity contribution in [2.45, 2.75) is 51.5 Å². The van der Waals surface area contributed by atoms with Crippen molar-refractivity contribution in [1.82, 2.24) is 9.80 Å². The Hall–Kier alpha value is -0.120. The highest BCUT2D eigenvalue weighted by molar-refractivity contribution is 4.84. The number of rotatable bonds is 6. The minimum Gasteiger partial charge on any atom is -0.327 e. The summed E-state index contributed by atoms with van der Waals surface area (Å²) in [7, 11) is 2.28. The summed E-state index contributed by atoms with van der Waals surface area (Å²) in [5.74, 6) is 1.65. The molecule has 0 amide bonds. The van der Waals surface area contributed by atoms with E-state index in [9.17, 15) is 0 Å². The number of nitrogens with two attached hydrogens (primary N) is 1. The lowest BCUT2D eigenvalue weighted by molar-refractivity contribution is 0.162. The van der Waals surface area contributed by atoms with E-state index in [-0.39, 0.29) is 0 Å². The van der Waals surface area contributed by atoms with Gasteiger partial charge >= 0.3 is 0 Å². The van der Waals surface area contributed by atoms with Crippen molar-refractivity contribution in [3.8, 4) is 0 Å². The zero-order valence-corrected chi connectivity index (χ0v) is 13.0. The lowest BCUT2D eigenvalue weighted by atomic mass is 9.77. The molecule has 1 saturated carbocycles. The second-order valence-corrected chi connectivity index (χ2v) is 6.82. The van der Waals surface area contributed by atoms with Gasteiger partial charge in [-0.25, -0.2) is 0 Å². The SMILES string of the molecule is CCC1CCC(N)C(CN(C)CCN2CCCC2)C1. The molecule has 2 rings (SSSR count). The van der Waals surface area contributed by atoms with Gasteiger partial charge in [0.05, 0.1) is 0 Å². The molecule has 1 aliphatic carbocycles. The summed E-state index contributed by atoms with van der Waals surface area (Å²) in [5.41, 5.74) is 6.33. The van der Waals surface area contributed by atoms with Gasteiger partial charge in [0.15, 0.2) is 0 Å². The molecule has 0 aromatic rings. The molecule has 19 heavy (non-hydrogen) atoms. The summed E-state index contributed by atoms with van der Waals surface area (Å²) in [6, 6.07) is 0.442. The maximum absolute atomic E-state index is 6.33. The Kier molecular flexibility index (Phi) is 6.11. The van der Waals surface area contributed by atoms with Gasteiger partial charge in [0.25, 0.3) is 0 Å². The molecule has 0 radical (unpaired) electrons. The van der Waals surface area contributed by atoms with Gasteiger partial charge in [-0.15, -0.1) is 0 Å². The van der Waals surface area contributed by atoms with Crippen molar-refractivity contribution in [3.05, 3.63) is 0 Å². The quantitative estimate of drug-likeness (QED) is 0.800. The van der Waals surface area contributed by atoms with Gasteiger partial charge in [-0.1, -0.05) is 13.3 Å². The van der Waals surface area contributed by atoms with Gasteiger partial charge in [0.1, 0.15) is 0 Å². The third-order valence-electron chi connectivity index (χ3n) is 5.27. The van der Waals surface area contributed by atoms with E-state index >= 15 is 0 Å². The largest absolute Gasteiger partial charge is 0.327 e. The first-order valence-electron chi connectivity index (χ1n) is 8.35. The average Bonchev–Trinajstić information content (AvgIpc) is 2.92. The van der Waals surface area contributed by atoms with Crippen LogP contribution >= 0.6 is 0 Å². The summed E-state index contributed by atoms with van der Waals surface area (Å²) in [4.78, 5) is 5.12. The molecule has 0 aromatic heterocycles. The lowest BCUT2D eigenvalue weighted by Crippen LogP contribution is -2.43. The number of hydrogen-bond acceptors (Lipinski definition) is 3. The first-order valence-corrected chi connectivity index (χ1v) is 8.35. The van der Waals surface area contributed by atoms with E-state index in [0.29, 0.717) is 6.04 Å². The summed E-state index contributed by atoms with van der Waals surface area (Å²) in [6.07, 6.45) is 8.08. The fourth-order valence-electron chi connectivity index (χ4n) is 3.78. The Labute approximate surface area is 119 Å². The van der Waals surface area contributed by atoms with E-state index in [1.165, 1.54) is 71.2 Å². The Morgan fingerprint density at radius 3 is 2.63 bits per heavy atom. The number of nitrogens with zero attached hydrogens (tertiary/aromatic N) is 2. The van der Waals surface area contributed by atoms with Crippen molar-refractivity contribution in [3.63, 3.8) is 0 Å². The molecule has 1 saturated heterocycles. The van der Waals surface area contributed by atoms with Crippen LogP contribution in [0.2, 0.25) is 0 Å². The topological polar surface area (TPSA) is 32.5 Å². The third-order valence-corrected chi connectivity index (χ3v) is 5.27. The van der Waals surface area contributed by atoms with Crippen LogP contribution in [0.4, 0.5) is 0 Å². The Morgan fingerprint density at radius 2 is 1.95 bits per heavy atom. The highest BCUT2D eigenvalue weighted by Crippen LogP contribution is 2.30. The van der Waals surface area contributed by atoms with Crippen molar-refractivity contribution >= 4 is 0 Å². The first-order chi connectivity index (χ1) is 9.19. The van der Waals surface area contributed by atoms with Gasteiger partial charge in [-0.05, 0) is 64.1 Å². The van der Waals surface area contributed by atoms with E-state index in [1.54, 1.807) is 0 Å². The maximum atomic E-state index is 6.33. The average molecular weight is 267 g/mol. The Morgan fingerprint density at radius 1 is 1.21 bits per heavy atom. The van der Waals surface area contributed by atoms with Crippen LogP contribution in [-0.4, -0.2) is 55.6 Å². The van der Waals surface area contributed by atoms with Crippen molar-refractivity contribution in [2.75, 3.05) is 39.8 Å². The van der Waals surface area contributed by atoms with Gasteiger partial charge in [-0.3, -0.25) is 0 Å². The Balaban J connectivity index is 1.69. The van der Waals surface area contributed by atoms with E-state index < -0.39 is 0 Å². The molecule has 112 valence electrons. The summed E-state index contributed by atoms with van der Waals surface area (Å²) < 4.78 is 0. The van der Waals surface area contributed by atoms with Gasteiger partial charge in [0, 0.05) is 25.7 Å². The zero-order valence-electron chi connectivity index (χ0n) is 13.0. The predicted molar refractivity (Wildman–Crippen MR) is 82.3 cm³/mol. The van der Waals surface area contributed by atoms with Crippen molar-refractivity contribution in [2.24, 2.45) is 17.6 Å². The lowest BCUT2D eigenvalue weighted by Gasteiger charge is -2.36. The number of likely N-dealkylation sites (tertiary alicyclic amines) is 1. The smallest absolute Gasteiger partial charge is 0.0109 e. The Bertz CT molecular complexity index is 250. The van der Waals surface area contributed by atoms with E-state index in [4.69, 9.17) is 5.73 Å². The van der Waals surface area contributed by atoms with Crippen LogP contribution < -0.4 is 5.73 Å². The minimum absolute atomic E-state index is 0.442. The van der Waals surface area contributed by atoms with E-state index in [0.717, 1.165) is 11.8 Å². The molecular weight excluding hydrogens is 234 g/mol. The molecule has 0 bridgehead atoms. The van der Waals surface area contributed by atoms with Gasteiger partial charge < -0.3 is 15.5 Å². The molecule has 3 heteroatoms. The molecule has 2 N–H and O–H groups in total. The van der Waals surface area contributed by atoms with Crippen LogP contribution in [-0.2, 0) is 0 Å². The number of hydrogen-bond donors (Lipinski definition) is 1. The highest BCUT2D eigenvalue weighted by atomic mass is 15.2. The van der Waals surface area contributed by atoms with Crippen molar-refractivity contribution in [1.29, 1.82) is 0 Å². The zero-order chi connectivity index (χ0) is 13.7. The van der Waals surface area contributed by atoms with E-state index in [1.807, 2.05) is 0 Å². The van der Waals surface area contributed by atoms with Crippen molar-refractivity contribution < 1.29 is 0 Å². The number of likely N-dealkylation sites (N-methyl/N-ethyl adjacent to an activating group) is 1. The molecule has 2 aliphatic rings. The van der Waals surface area contributed by atoms with Crippen LogP contribution in [0, 0.1) is 11.8 Å². The highest BCUT2D eigenvalue weighted by Gasteiger charge is 2.28. The second kappa shape index (κ2) is 7.61. The van der Waals surface area contributed by atoms with Crippen LogP contribution in [0.3, 0.4) is 0 Å². The van der Waals surface area contributed by atoms with Crippen LogP contribution in [0.25, 0.3) is 0 Å². The molecule has 0 spiro atoms. The molecule has 0 aromatic carbocycles. The van der Waals surface area contributed by atoms with Gasteiger partial charge in [-0.2, -0.15) is 0 Å². The first kappa shape index (κ1) is 15.3. The normalized spacial score (nSPS) is 33.2. The predicted octanol–water partition coefficient (Wildman–Crippen LogP) is 2.17. The molecule has 1 heterocycles. The molecule has 3 unspecified atom stereocenters. The van der Waals surface area contributed by atoms with Crippen LogP contribution in [0.1, 0.15) is 45.4 Å². The second-order valence-electron chi connectivity index (χ2n) is 6.82. The maximum Gasteiger partial charge on any atom is 0.0109 e. The van der Waals surface area contributed by atoms with Crippen LogP contribution in [0.15, 0.2) is 0 Å². The monoisotopic (exact) mass is 267 g/mol. The summed E-state index contributed by atoms with van der Waals surface area (Å²) in [6.45, 7) is 8.61. The van der Waals surface area contributed by atoms with Gasteiger partial charge in [0.2, 0.25) is 0 Å². The van der Waals surface area contributed by atoms with E-state index in [2.05, 4.69) is 23.8 Å². The molecule has 1 aliphatic heterocycles. The fourth-order valence-corrected chi connectivity index (χ4v) is 3.78. The molecule has 3 atom stereocenters.